The van der Waals surface area contributed by atoms with E-state index in [0.717, 1.165) is 27.4 Å². The number of carbonyl (C=O) groups excluding carboxylic acids is 1. The van der Waals surface area contributed by atoms with Gasteiger partial charge in [0.15, 0.2) is 4.80 Å². The van der Waals surface area contributed by atoms with Gasteiger partial charge >= 0.3 is 5.97 Å². The minimum atomic E-state index is -0.787. The molecule has 0 saturated carbocycles. The average Bonchev–Trinajstić information content (AvgIpc) is 3.25. The second-order valence-corrected chi connectivity index (χ2v) is 11.3. The number of thiazole rings is 1. The van der Waals surface area contributed by atoms with E-state index in [-0.39, 0.29) is 28.5 Å². The largest absolute Gasteiger partial charge is 0.506 e. The molecule has 0 saturated heterocycles. The molecule has 39 heavy (non-hydrogen) atoms. The Hall–Kier alpha value is -3.30. The van der Waals surface area contributed by atoms with Gasteiger partial charge in [0.2, 0.25) is 0 Å². The molecule has 0 aliphatic carbocycles. The van der Waals surface area contributed by atoms with Crippen LogP contribution in [0.25, 0.3) is 11.8 Å². The lowest BCUT2D eigenvalue weighted by atomic mass is 9.93. The van der Waals surface area contributed by atoms with E-state index in [1.807, 2.05) is 60.9 Å². The molecule has 6 nitrogen and oxygen atoms in total. The van der Waals surface area contributed by atoms with Crippen molar-refractivity contribution in [1.29, 1.82) is 0 Å². The first kappa shape index (κ1) is 27.3. The Morgan fingerprint density at radius 2 is 1.87 bits per heavy atom. The maximum absolute atomic E-state index is 13.9. The maximum Gasteiger partial charge on any atom is 0.338 e. The predicted molar refractivity (Wildman–Crippen MR) is 157 cm³/mol. The molecule has 0 fully saturated rings. The van der Waals surface area contributed by atoms with Gasteiger partial charge in [-0.2, -0.15) is 0 Å². The van der Waals surface area contributed by atoms with Crippen LogP contribution in [0.3, 0.4) is 0 Å². The third kappa shape index (κ3) is 5.30. The second-order valence-electron chi connectivity index (χ2n) is 8.53. The average molecular weight is 598 g/mol. The molecule has 0 radical (unpaired) electrons. The Labute approximate surface area is 242 Å². The summed E-state index contributed by atoms with van der Waals surface area (Å²) in [6.45, 7) is 1.91. The van der Waals surface area contributed by atoms with Gasteiger partial charge in [-0.25, -0.2) is 9.79 Å². The highest BCUT2D eigenvalue weighted by molar-refractivity contribution is 7.98. The Morgan fingerprint density at radius 1 is 1.15 bits per heavy atom. The zero-order chi connectivity index (χ0) is 27.7. The van der Waals surface area contributed by atoms with Crippen molar-refractivity contribution >= 4 is 64.0 Å². The van der Waals surface area contributed by atoms with Crippen LogP contribution in [0.15, 0.2) is 87.0 Å². The number of hydrogen-bond donors (Lipinski definition) is 1. The number of rotatable bonds is 6. The van der Waals surface area contributed by atoms with Gasteiger partial charge in [0.25, 0.3) is 5.56 Å². The second kappa shape index (κ2) is 11.4. The molecule has 1 aliphatic rings. The SMILES string of the molecule is CCOC(=O)C1=C(c2ccccc2)N=c2s/c(=C\c3cc(Cl)cc(Cl)c3O)c(=O)n2[C@H]1c1ccc(SC)cc1. The number of benzene rings is 3. The van der Waals surface area contributed by atoms with Crippen LogP contribution in [-0.4, -0.2) is 28.5 Å². The quantitative estimate of drug-likeness (QED) is 0.229. The molecular formula is C29H22Cl2N2O4S2. The van der Waals surface area contributed by atoms with Crippen molar-refractivity contribution in [3.05, 3.63) is 119 Å². The fourth-order valence-corrected chi connectivity index (χ4v) is 6.29. The van der Waals surface area contributed by atoms with Crippen LogP contribution in [-0.2, 0) is 9.53 Å². The number of nitrogens with zero attached hydrogens (tertiary/aromatic N) is 2. The van der Waals surface area contributed by atoms with E-state index in [1.54, 1.807) is 18.7 Å². The molecule has 5 rings (SSSR count). The lowest BCUT2D eigenvalue weighted by Crippen LogP contribution is -2.40. The number of aromatic nitrogens is 1. The monoisotopic (exact) mass is 596 g/mol. The summed E-state index contributed by atoms with van der Waals surface area (Å²) in [5.74, 6) is -0.735. The van der Waals surface area contributed by atoms with Crippen LogP contribution in [0.5, 0.6) is 5.75 Å². The number of fused-ring (bicyclic) bond motifs is 1. The summed E-state index contributed by atoms with van der Waals surface area (Å²) in [6, 6.07) is 19.2. The number of phenolic OH excluding ortho intramolecular Hbond substituents is 1. The van der Waals surface area contributed by atoms with E-state index in [9.17, 15) is 14.7 Å². The van der Waals surface area contributed by atoms with E-state index in [0.29, 0.717) is 25.6 Å². The van der Waals surface area contributed by atoms with E-state index in [2.05, 4.69) is 0 Å². The summed E-state index contributed by atoms with van der Waals surface area (Å²) < 4.78 is 7.29. The summed E-state index contributed by atoms with van der Waals surface area (Å²) in [5, 5.41) is 10.9. The molecular weight excluding hydrogens is 575 g/mol. The van der Waals surface area contributed by atoms with Crippen molar-refractivity contribution < 1.29 is 14.6 Å². The lowest BCUT2D eigenvalue weighted by Gasteiger charge is -2.26. The number of aromatic hydroxyl groups is 1. The Morgan fingerprint density at radius 3 is 2.54 bits per heavy atom. The summed E-state index contributed by atoms with van der Waals surface area (Å²) >= 11 is 15.0. The number of carbonyl (C=O) groups is 1. The van der Waals surface area contributed by atoms with Crippen molar-refractivity contribution in [2.75, 3.05) is 12.9 Å². The minimum absolute atomic E-state index is 0.0734. The summed E-state index contributed by atoms with van der Waals surface area (Å²) in [6.07, 6.45) is 3.51. The van der Waals surface area contributed by atoms with Crippen LogP contribution < -0.4 is 14.9 Å². The molecule has 198 valence electrons. The van der Waals surface area contributed by atoms with Crippen LogP contribution in [0.1, 0.15) is 29.7 Å². The normalized spacial score (nSPS) is 15.2. The third-order valence-corrected chi connectivity index (χ3v) is 8.38. The van der Waals surface area contributed by atoms with Crippen molar-refractivity contribution in [2.45, 2.75) is 17.9 Å². The Bertz CT molecular complexity index is 1780. The van der Waals surface area contributed by atoms with Gasteiger partial charge < -0.3 is 9.84 Å². The standard InChI is InChI=1S/C29H22Cl2N2O4S2/c1-3-37-28(36)23-24(16-7-5-4-6-8-16)32-29-33(25(23)17-9-11-20(38-2)12-10-17)27(35)22(39-29)14-18-13-19(30)15-21(31)26(18)34/h4-15,25,34H,3H2,1-2H3/b22-14-/t25-/m0/s1. The van der Waals surface area contributed by atoms with Gasteiger partial charge in [0.05, 0.1) is 33.5 Å². The molecule has 2 heterocycles. The number of phenols is 1. The molecule has 0 unspecified atom stereocenters. The highest BCUT2D eigenvalue weighted by Crippen LogP contribution is 2.36. The smallest absolute Gasteiger partial charge is 0.338 e. The molecule has 3 aromatic carbocycles. The number of esters is 1. The molecule has 1 atom stereocenters. The molecule has 1 aliphatic heterocycles. The molecule has 0 amide bonds. The maximum atomic E-state index is 13.9. The molecule has 1 N–H and O–H groups in total. The van der Waals surface area contributed by atoms with E-state index in [4.69, 9.17) is 32.9 Å². The Kier molecular flexibility index (Phi) is 8.00. The Balaban J connectivity index is 1.84. The number of halogens is 2. The highest BCUT2D eigenvalue weighted by atomic mass is 35.5. The van der Waals surface area contributed by atoms with Gasteiger partial charge in [-0.15, -0.1) is 11.8 Å². The highest BCUT2D eigenvalue weighted by Gasteiger charge is 2.35. The van der Waals surface area contributed by atoms with E-state index < -0.39 is 12.0 Å². The van der Waals surface area contributed by atoms with Crippen LogP contribution >= 0.6 is 46.3 Å². The van der Waals surface area contributed by atoms with E-state index in [1.165, 1.54) is 22.8 Å². The first-order valence-electron chi connectivity index (χ1n) is 11.9. The van der Waals surface area contributed by atoms with Gasteiger partial charge in [-0.05, 0) is 49.1 Å². The zero-order valence-electron chi connectivity index (χ0n) is 20.9. The third-order valence-electron chi connectivity index (χ3n) is 6.15. The van der Waals surface area contributed by atoms with Crippen LogP contribution in [0, 0.1) is 0 Å². The van der Waals surface area contributed by atoms with Gasteiger partial charge in [-0.3, -0.25) is 9.36 Å². The van der Waals surface area contributed by atoms with Crippen LogP contribution in [0.4, 0.5) is 0 Å². The summed E-state index contributed by atoms with van der Waals surface area (Å²) in [4.78, 5) is 33.7. The predicted octanol–water partition coefficient (Wildman–Crippen LogP) is 5.67. The van der Waals surface area contributed by atoms with Crippen LogP contribution in [0.2, 0.25) is 10.0 Å². The van der Waals surface area contributed by atoms with E-state index >= 15 is 0 Å². The van der Waals surface area contributed by atoms with Gasteiger partial charge in [0.1, 0.15) is 5.75 Å². The molecule has 10 heteroatoms. The summed E-state index contributed by atoms with van der Waals surface area (Å²) in [7, 11) is 0. The first-order chi connectivity index (χ1) is 18.8. The lowest BCUT2D eigenvalue weighted by molar-refractivity contribution is -0.138. The number of ether oxygens (including phenoxy) is 1. The number of thioether (sulfide) groups is 1. The molecule has 0 spiro atoms. The van der Waals surface area contributed by atoms with Crippen molar-refractivity contribution in [3.8, 4) is 5.75 Å². The number of hydrogen-bond acceptors (Lipinski definition) is 7. The topological polar surface area (TPSA) is 80.9 Å². The van der Waals surface area contributed by atoms with Gasteiger partial charge in [-0.1, -0.05) is 77.0 Å². The van der Waals surface area contributed by atoms with Gasteiger partial charge in [0, 0.05) is 21.0 Å². The van der Waals surface area contributed by atoms with Crippen molar-refractivity contribution in [1.82, 2.24) is 4.57 Å². The molecule has 0 bridgehead atoms. The summed E-state index contributed by atoms with van der Waals surface area (Å²) in [5.41, 5.74) is 2.10. The molecule has 4 aromatic rings. The first-order valence-corrected chi connectivity index (χ1v) is 14.7. The fraction of sp³-hybridized carbons (Fsp3) is 0.138. The minimum Gasteiger partial charge on any atom is -0.506 e. The zero-order valence-corrected chi connectivity index (χ0v) is 24.0. The van der Waals surface area contributed by atoms with Crippen molar-refractivity contribution in [3.63, 3.8) is 0 Å². The van der Waals surface area contributed by atoms with Crippen molar-refractivity contribution in [2.24, 2.45) is 4.99 Å². The molecule has 1 aromatic heterocycles. The fourth-order valence-electron chi connectivity index (χ4n) is 4.38.